The van der Waals surface area contributed by atoms with Crippen LogP contribution in [0.2, 0.25) is 5.02 Å². The number of aromatic nitrogens is 2. The van der Waals surface area contributed by atoms with Gasteiger partial charge in [0.05, 0.1) is 56.2 Å². The molecule has 8 rings (SSSR count). The molecule has 6 aromatic rings. The van der Waals surface area contributed by atoms with Crippen molar-refractivity contribution in [3.63, 3.8) is 0 Å². The highest BCUT2D eigenvalue weighted by atomic mass is 35.5. The van der Waals surface area contributed by atoms with E-state index in [1.54, 1.807) is 110 Å². The summed E-state index contributed by atoms with van der Waals surface area (Å²) in [4.78, 5) is 43.4. The Bertz CT molecular complexity index is 3630. The summed E-state index contributed by atoms with van der Waals surface area (Å²) in [6, 6.07) is 22.1. The molecular formula is C60H68ClF7N6O6S2. The third-order valence-corrected chi connectivity index (χ3v) is 18.7. The smallest absolute Gasteiger partial charge is 0.355 e. The molecule has 12 nitrogen and oxygen atoms in total. The number of aryl methyl sites for hydroxylation is 3. The summed E-state index contributed by atoms with van der Waals surface area (Å²) in [7, 11) is -3.38. The topological polar surface area (TPSA) is 141 Å². The van der Waals surface area contributed by atoms with Gasteiger partial charge in [-0.3, -0.25) is 9.59 Å². The van der Waals surface area contributed by atoms with Gasteiger partial charge in [0.15, 0.2) is 19.7 Å². The molecule has 2 unspecified atom stereocenters. The van der Waals surface area contributed by atoms with Gasteiger partial charge in [-0.2, -0.15) is 26.3 Å². The molecule has 2 atom stereocenters. The van der Waals surface area contributed by atoms with Crippen molar-refractivity contribution in [1.82, 2.24) is 9.97 Å². The molecule has 4 aromatic carbocycles. The van der Waals surface area contributed by atoms with E-state index in [1.165, 1.54) is 53.9 Å². The van der Waals surface area contributed by atoms with Crippen molar-refractivity contribution >= 4 is 66.1 Å². The number of benzene rings is 4. The van der Waals surface area contributed by atoms with Crippen molar-refractivity contribution < 1.29 is 57.2 Å². The number of alkyl halides is 6. The van der Waals surface area contributed by atoms with Crippen molar-refractivity contribution in [2.24, 2.45) is 0 Å². The Hall–Kier alpha value is -6.58. The Labute approximate surface area is 481 Å². The van der Waals surface area contributed by atoms with E-state index in [0.717, 1.165) is 24.3 Å². The Balaban J connectivity index is 0.000000261. The number of sulfone groups is 2. The van der Waals surface area contributed by atoms with Crippen molar-refractivity contribution in [3.05, 3.63) is 153 Å². The fourth-order valence-corrected chi connectivity index (χ4v) is 12.5. The average Bonchev–Trinajstić information content (AvgIpc) is 4.22. The van der Waals surface area contributed by atoms with E-state index < -0.39 is 82.1 Å². The van der Waals surface area contributed by atoms with E-state index >= 15 is 0 Å². The molecule has 2 saturated heterocycles. The average molecular weight is 1200 g/mol. The number of likely N-dealkylation sites (N-methyl/N-ethyl adjacent to an activating group) is 2. The Morgan fingerprint density at radius 2 is 0.963 bits per heavy atom. The summed E-state index contributed by atoms with van der Waals surface area (Å²) in [5.41, 5.74) is 0.751. The van der Waals surface area contributed by atoms with Crippen LogP contribution in [0.15, 0.2) is 103 Å². The predicted molar refractivity (Wildman–Crippen MR) is 312 cm³/mol. The standard InChI is InChI=1S/C30H33F4N3O3S.C29H31ClF3N3O3S.CH4/c1-18-11-20(14-21(12-18)30(32,33)34)29(3,4)28(38)36(5)26-16-35-27(37-10-9-23(17-37)41(6,39)40)15-25(26)24-8-7-22(31)13-19(24)2;1-18-12-19(14-20(13-18)29(31,32)33)28(2,3)27(37)35(4)25-16-34-26(36-11-10-21(17-36)40(5,38)39)15-23(25)22-8-6-7-9-24(22)30;/h7-8,11-16,23H,9-10,17H2,1-6H3;6-9,12-16,21H,10-11,17H2,1-5H3;1H4. The quantitative estimate of drug-likeness (QED) is 0.109. The predicted octanol–water partition coefficient (Wildman–Crippen LogP) is 13.0. The van der Waals surface area contributed by atoms with E-state index in [0.29, 0.717) is 99.5 Å². The van der Waals surface area contributed by atoms with E-state index in [9.17, 15) is 57.2 Å². The molecule has 2 aromatic heterocycles. The van der Waals surface area contributed by atoms with Crippen molar-refractivity contribution in [3.8, 4) is 22.3 Å². The number of pyridine rings is 2. The van der Waals surface area contributed by atoms with Crippen LogP contribution in [-0.2, 0) is 52.4 Å². The lowest BCUT2D eigenvalue weighted by Gasteiger charge is -2.32. The summed E-state index contributed by atoms with van der Waals surface area (Å²) < 4.78 is 144. The number of hydrogen-bond acceptors (Lipinski definition) is 10. The van der Waals surface area contributed by atoms with Gasteiger partial charge >= 0.3 is 12.4 Å². The molecule has 0 aliphatic carbocycles. The first-order valence-corrected chi connectivity index (χ1v) is 30.0. The van der Waals surface area contributed by atoms with Crippen molar-refractivity contribution in [2.45, 2.75) is 102 Å². The number of carbonyl (C=O) groups is 2. The van der Waals surface area contributed by atoms with Crippen LogP contribution in [0.3, 0.4) is 0 Å². The Morgan fingerprint density at radius 3 is 1.33 bits per heavy atom. The van der Waals surface area contributed by atoms with Gasteiger partial charge in [0, 0.05) is 74.5 Å². The van der Waals surface area contributed by atoms with Crippen LogP contribution in [0.5, 0.6) is 0 Å². The van der Waals surface area contributed by atoms with Crippen LogP contribution < -0.4 is 19.6 Å². The van der Waals surface area contributed by atoms with Crippen molar-refractivity contribution in [2.75, 3.05) is 72.4 Å². The maximum Gasteiger partial charge on any atom is 0.416 e. The van der Waals surface area contributed by atoms with Gasteiger partial charge in [0.1, 0.15) is 17.5 Å². The third-order valence-electron chi connectivity index (χ3n) is 15.2. The van der Waals surface area contributed by atoms with Gasteiger partial charge < -0.3 is 19.6 Å². The second-order valence-corrected chi connectivity index (χ2v) is 27.1. The number of nitrogens with zero attached hydrogens (tertiary/aromatic N) is 6. The second kappa shape index (κ2) is 24.0. The number of rotatable bonds is 12. The van der Waals surface area contributed by atoms with E-state index in [1.807, 2.05) is 9.80 Å². The Morgan fingerprint density at radius 1 is 0.573 bits per heavy atom. The fourth-order valence-electron chi connectivity index (χ4n) is 10.3. The summed E-state index contributed by atoms with van der Waals surface area (Å²) >= 11 is 6.55. The van der Waals surface area contributed by atoms with E-state index in [2.05, 4.69) is 9.97 Å². The minimum Gasteiger partial charge on any atom is -0.355 e. The SMILES string of the molecule is C.Cc1cc(C(F)(F)F)cc(C(C)(C)C(=O)N(C)c2cnc(N3CCC(S(C)(=O)=O)C3)cc2-c2ccc(F)cc2C)c1.Cc1cc(C(F)(F)F)cc(C(C)(C)C(=O)N(C)c2cnc(N3CCC(S(C)(=O)=O)C3)cc2-c2ccccc2Cl)c1. The first-order chi connectivity index (χ1) is 37.4. The molecule has 0 N–H and O–H groups in total. The highest BCUT2D eigenvalue weighted by Crippen LogP contribution is 2.43. The summed E-state index contributed by atoms with van der Waals surface area (Å²) in [5, 5.41) is -0.593. The molecule has 2 aliphatic rings. The van der Waals surface area contributed by atoms with E-state index in [-0.39, 0.29) is 25.1 Å². The summed E-state index contributed by atoms with van der Waals surface area (Å²) in [6.45, 7) is 12.7. The van der Waals surface area contributed by atoms with Gasteiger partial charge in [-0.15, -0.1) is 0 Å². The minimum absolute atomic E-state index is 0. The molecule has 0 saturated carbocycles. The van der Waals surface area contributed by atoms with E-state index in [4.69, 9.17) is 11.6 Å². The van der Waals surface area contributed by atoms with Gasteiger partial charge in [-0.25, -0.2) is 31.2 Å². The monoisotopic (exact) mass is 1200 g/mol. The van der Waals surface area contributed by atoms with Crippen LogP contribution in [0, 0.1) is 26.6 Å². The molecule has 2 fully saturated rings. The maximum absolute atomic E-state index is 14.0. The molecule has 0 spiro atoms. The number of halogens is 8. The largest absolute Gasteiger partial charge is 0.416 e. The fraction of sp³-hybridized carbons (Fsp3) is 0.400. The second-order valence-electron chi connectivity index (χ2n) is 22.1. The highest BCUT2D eigenvalue weighted by Gasteiger charge is 2.41. The van der Waals surface area contributed by atoms with Crippen LogP contribution in [0.4, 0.5) is 53.7 Å². The molecule has 22 heteroatoms. The van der Waals surface area contributed by atoms with Gasteiger partial charge in [-0.05, 0) is 138 Å². The maximum atomic E-state index is 14.0. The lowest BCUT2D eigenvalue weighted by atomic mass is 9.81. The normalized spacial score (nSPS) is 16.1. The molecule has 4 heterocycles. The van der Waals surface area contributed by atoms with Crippen LogP contribution in [0.25, 0.3) is 22.3 Å². The third kappa shape index (κ3) is 14.1. The molecular weight excluding hydrogens is 1130 g/mol. The van der Waals surface area contributed by atoms with Gasteiger partial charge in [0.25, 0.3) is 0 Å². The molecule has 0 bridgehead atoms. The summed E-state index contributed by atoms with van der Waals surface area (Å²) in [6.07, 6.45) is -2.73. The van der Waals surface area contributed by atoms with Crippen LogP contribution in [-0.4, -0.2) is 102 Å². The van der Waals surface area contributed by atoms with Crippen LogP contribution >= 0.6 is 11.6 Å². The van der Waals surface area contributed by atoms with Gasteiger partial charge in [-0.1, -0.05) is 66.6 Å². The number of amides is 2. The minimum atomic E-state index is -4.56. The lowest BCUT2D eigenvalue weighted by Crippen LogP contribution is -2.42. The zero-order chi connectivity index (χ0) is 60.1. The zero-order valence-corrected chi connectivity index (χ0v) is 49.1. The van der Waals surface area contributed by atoms with Crippen molar-refractivity contribution in [1.29, 1.82) is 0 Å². The molecule has 2 amide bonds. The molecule has 82 heavy (non-hydrogen) atoms. The molecule has 2 aliphatic heterocycles. The number of hydrogen-bond donors (Lipinski definition) is 0. The lowest BCUT2D eigenvalue weighted by molar-refractivity contribution is -0.138. The highest BCUT2D eigenvalue weighted by molar-refractivity contribution is 7.91. The first kappa shape index (κ1) is 64.6. The molecule has 442 valence electrons. The zero-order valence-electron chi connectivity index (χ0n) is 46.7. The molecule has 0 radical (unpaired) electrons. The van der Waals surface area contributed by atoms with Gasteiger partial charge in [0.2, 0.25) is 11.8 Å². The number of anilines is 4. The Kier molecular flexibility index (Phi) is 18.9. The van der Waals surface area contributed by atoms with Crippen LogP contribution in [0.1, 0.15) is 86.9 Å². The summed E-state index contributed by atoms with van der Waals surface area (Å²) in [5.74, 6) is -0.286. The number of carbonyl (C=O) groups excluding carboxylic acids is 2. The first-order valence-electron chi connectivity index (χ1n) is 25.7.